The van der Waals surface area contributed by atoms with Crippen molar-refractivity contribution in [1.29, 1.82) is 0 Å². The van der Waals surface area contributed by atoms with Gasteiger partial charge in [0.2, 0.25) is 0 Å². The Balaban J connectivity index is 4.14. The average molecular weight is 1190 g/mol. The third kappa shape index (κ3) is 67.0. The highest BCUT2D eigenvalue weighted by atomic mass is 31.2. The van der Waals surface area contributed by atoms with Crippen LogP contribution >= 0.6 is 7.82 Å². The lowest BCUT2D eigenvalue weighted by atomic mass is 10.0. The van der Waals surface area contributed by atoms with Gasteiger partial charge in [0.05, 0.1) is 27.7 Å². The van der Waals surface area contributed by atoms with Crippen molar-refractivity contribution in [3.8, 4) is 0 Å². The molecule has 0 spiro atoms. The molecular formula is C74H124NO8P. The maximum Gasteiger partial charge on any atom is 0.306 e. The van der Waals surface area contributed by atoms with E-state index in [4.69, 9.17) is 18.5 Å². The van der Waals surface area contributed by atoms with Crippen molar-refractivity contribution in [1.82, 2.24) is 0 Å². The topological polar surface area (TPSA) is 111 Å². The van der Waals surface area contributed by atoms with Gasteiger partial charge in [-0.05, 0) is 116 Å². The molecule has 0 saturated carbocycles. The molecular weight excluding hydrogens is 1060 g/mol. The number of likely N-dealkylation sites (N-methyl/N-ethyl adjacent to an activating group) is 1. The summed E-state index contributed by atoms with van der Waals surface area (Å²) in [6, 6.07) is 0. The fraction of sp³-hybridized carbons (Fsp3) is 0.649. The van der Waals surface area contributed by atoms with E-state index < -0.39 is 26.5 Å². The quantitative estimate of drug-likeness (QED) is 0.0195. The molecule has 478 valence electrons. The Morgan fingerprint density at radius 1 is 0.369 bits per heavy atom. The maximum absolute atomic E-state index is 12.9. The van der Waals surface area contributed by atoms with Gasteiger partial charge in [-0.25, -0.2) is 0 Å². The molecule has 2 unspecified atom stereocenters. The second kappa shape index (κ2) is 63.4. The molecule has 0 heterocycles. The predicted octanol–water partition coefficient (Wildman–Crippen LogP) is 21.2. The molecule has 0 radical (unpaired) electrons. The molecule has 0 aliphatic rings. The lowest BCUT2D eigenvalue weighted by molar-refractivity contribution is -0.870. The number of hydrogen-bond acceptors (Lipinski definition) is 8. The molecule has 0 fully saturated rings. The van der Waals surface area contributed by atoms with Crippen molar-refractivity contribution in [3.63, 3.8) is 0 Å². The van der Waals surface area contributed by atoms with Gasteiger partial charge in [0, 0.05) is 12.8 Å². The molecule has 0 aliphatic heterocycles. The highest BCUT2D eigenvalue weighted by molar-refractivity contribution is 7.45. The number of phosphoric ester groups is 1. The molecule has 0 N–H and O–H groups in total. The second-order valence-electron chi connectivity index (χ2n) is 23.1. The van der Waals surface area contributed by atoms with E-state index in [0.717, 1.165) is 128 Å². The SMILES string of the molecule is CC/C=C\C/C=C\C/C=C\C/C=C\C/C=C\C/C=C\C/C=C\CCCCCCCCCC(=O)OC(COC(=O)CCCCCCCCCCCCCCCCC/C=C\C/C=C\C/C=C\C/C=C\C/C=C\CC)COP(=O)([O-])OCC[N+](C)(C)C. The summed E-state index contributed by atoms with van der Waals surface area (Å²) in [5.74, 6) is -0.851. The standard InChI is InChI=1S/C74H124NO8P/c1-6-8-10-12-14-16-18-20-22-24-26-28-30-32-34-36-37-39-40-42-44-46-48-50-52-54-56-58-60-62-64-66-73(76)80-70-72(71-82-84(78,79)81-69-68-75(3,4)5)83-74(77)67-65-63-61-59-57-55-53-51-49-47-45-43-41-38-35-33-31-29-27-25-23-21-19-17-15-13-11-9-7-2/h8-11,14-17,20-23,26-29,32-35,41,43,47,49,72H,6-7,12-13,18-19,24-25,30-31,36-40,42,44-46,48,50-71H2,1-5H3/b10-8-,11-9-,16-14-,17-15-,22-20-,23-21-,28-26-,29-27-,34-32-,35-33-,43-41-,49-47-. The van der Waals surface area contributed by atoms with Gasteiger partial charge in [-0.3, -0.25) is 14.2 Å². The molecule has 0 rings (SSSR count). The molecule has 10 heteroatoms. The molecule has 84 heavy (non-hydrogen) atoms. The Hall–Kier alpha value is -4.11. The number of ether oxygens (including phenoxy) is 2. The van der Waals surface area contributed by atoms with E-state index in [9.17, 15) is 19.0 Å². The van der Waals surface area contributed by atoms with Gasteiger partial charge in [0.25, 0.3) is 7.82 Å². The van der Waals surface area contributed by atoms with E-state index in [1.54, 1.807) is 0 Å². The van der Waals surface area contributed by atoms with E-state index in [-0.39, 0.29) is 32.0 Å². The van der Waals surface area contributed by atoms with Crippen LogP contribution in [-0.2, 0) is 32.7 Å². The zero-order valence-corrected chi connectivity index (χ0v) is 55.2. The number of unbranched alkanes of at least 4 members (excludes halogenated alkanes) is 22. The van der Waals surface area contributed by atoms with Crippen molar-refractivity contribution in [2.75, 3.05) is 47.5 Å². The first-order chi connectivity index (χ1) is 41.0. The number of hydrogen-bond donors (Lipinski definition) is 0. The minimum absolute atomic E-state index is 0.0402. The molecule has 0 bridgehead atoms. The minimum atomic E-state index is -4.65. The van der Waals surface area contributed by atoms with Crippen LogP contribution in [0.25, 0.3) is 0 Å². The number of carbonyl (C=O) groups is 2. The van der Waals surface area contributed by atoms with Gasteiger partial charge in [0.15, 0.2) is 6.10 Å². The van der Waals surface area contributed by atoms with Gasteiger partial charge >= 0.3 is 11.9 Å². The van der Waals surface area contributed by atoms with E-state index in [0.29, 0.717) is 17.4 Å². The first kappa shape index (κ1) is 79.9. The van der Waals surface area contributed by atoms with Gasteiger partial charge < -0.3 is 27.9 Å². The van der Waals surface area contributed by atoms with Crippen molar-refractivity contribution >= 4 is 19.8 Å². The summed E-state index contributed by atoms with van der Waals surface area (Å²) in [6.45, 7) is 4.00. The van der Waals surface area contributed by atoms with Crippen LogP contribution in [0.5, 0.6) is 0 Å². The van der Waals surface area contributed by atoms with Crippen molar-refractivity contribution in [2.24, 2.45) is 0 Å². The highest BCUT2D eigenvalue weighted by Crippen LogP contribution is 2.38. The number of quaternary nitrogens is 1. The number of allylic oxidation sites excluding steroid dienone is 24. The largest absolute Gasteiger partial charge is 0.756 e. The average Bonchev–Trinajstić information content (AvgIpc) is 3.61. The summed E-state index contributed by atoms with van der Waals surface area (Å²) in [4.78, 5) is 38.0. The van der Waals surface area contributed by atoms with Crippen LogP contribution in [0.4, 0.5) is 0 Å². The second-order valence-corrected chi connectivity index (χ2v) is 24.5. The summed E-state index contributed by atoms with van der Waals surface area (Å²) < 4.78 is 34.3. The zero-order chi connectivity index (χ0) is 61.2. The molecule has 2 atom stereocenters. The van der Waals surface area contributed by atoms with Crippen molar-refractivity contribution in [3.05, 3.63) is 146 Å². The predicted molar refractivity (Wildman–Crippen MR) is 360 cm³/mol. The number of rotatable bonds is 60. The highest BCUT2D eigenvalue weighted by Gasteiger charge is 2.22. The normalized spacial score (nSPS) is 14.1. The van der Waals surface area contributed by atoms with Crippen LogP contribution in [-0.4, -0.2) is 70.0 Å². The molecule has 0 aromatic heterocycles. The van der Waals surface area contributed by atoms with E-state index >= 15 is 0 Å². The third-order valence-electron chi connectivity index (χ3n) is 13.9. The lowest BCUT2D eigenvalue weighted by Crippen LogP contribution is -2.37. The summed E-state index contributed by atoms with van der Waals surface area (Å²) >= 11 is 0. The summed E-state index contributed by atoms with van der Waals surface area (Å²) in [5, 5.41) is 0. The Labute approximate surface area is 516 Å². The summed E-state index contributed by atoms with van der Waals surface area (Å²) in [5.41, 5.74) is 0. The minimum Gasteiger partial charge on any atom is -0.756 e. The van der Waals surface area contributed by atoms with Crippen LogP contribution in [0.1, 0.15) is 258 Å². The first-order valence-electron chi connectivity index (χ1n) is 33.5. The Morgan fingerprint density at radius 3 is 0.952 bits per heavy atom. The Bertz CT molecular complexity index is 1930. The Kier molecular flexibility index (Phi) is 60.3. The number of carbonyl (C=O) groups excluding carboxylic acids is 2. The summed E-state index contributed by atoms with van der Waals surface area (Å²) in [6.07, 6.45) is 93.4. The molecule has 9 nitrogen and oxygen atoms in total. The third-order valence-corrected chi connectivity index (χ3v) is 14.8. The summed E-state index contributed by atoms with van der Waals surface area (Å²) in [7, 11) is 1.14. The number of phosphoric acid groups is 1. The van der Waals surface area contributed by atoms with Gasteiger partial charge in [-0.15, -0.1) is 0 Å². The molecule has 0 saturated heterocycles. The van der Waals surface area contributed by atoms with Gasteiger partial charge in [0.1, 0.15) is 19.8 Å². The fourth-order valence-electron chi connectivity index (χ4n) is 8.78. The van der Waals surface area contributed by atoms with Crippen molar-refractivity contribution in [2.45, 2.75) is 264 Å². The first-order valence-corrected chi connectivity index (χ1v) is 35.0. The molecule has 0 aliphatic carbocycles. The fourth-order valence-corrected chi connectivity index (χ4v) is 9.51. The van der Waals surface area contributed by atoms with Gasteiger partial charge in [-0.2, -0.15) is 0 Å². The monoisotopic (exact) mass is 1190 g/mol. The van der Waals surface area contributed by atoms with E-state index in [2.05, 4.69) is 160 Å². The van der Waals surface area contributed by atoms with E-state index in [1.165, 1.54) is 96.3 Å². The maximum atomic E-state index is 12.9. The molecule has 0 amide bonds. The lowest BCUT2D eigenvalue weighted by Gasteiger charge is -2.28. The molecule has 0 aromatic carbocycles. The Morgan fingerprint density at radius 2 is 0.643 bits per heavy atom. The van der Waals surface area contributed by atoms with Crippen LogP contribution < -0.4 is 4.89 Å². The van der Waals surface area contributed by atoms with Crippen LogP contribution in [0.2, 0.25) is 0 Å². The molecule has 0 aromatic rings. The van der Waals surface area contributed by atoms with Crippen LogP contribution in [0.3, 0.4) is 0 Å². The van der Waals surface area contributed by atoms with Crippen LogP contribution in [0.15, 0.2) is 146 Å². The smallest absolute Gasteiger partial charge is 0.306 e. The van der Waals surface area contributed by atoms with Gasteiger partial charge in [-0.1, -0.05) is 275 Å². The van der Waals surface area contributed by atoms with Crippen molar-refractivity contribution < 1.29 is 42.1 Å². The number of esters is 2. The van der Waals surface area contributed by atoms with Crippen LogP contribution in [0, 0.1) is 0 Å². The van der Waals surface area contributed by atoms with E-state index in [1.807, 2.05) is 21.1 Å². The number of nitrogens with zero attached hydrogens (tertiary/aromatic N) is 1. The zero-order valence-electron chi connectivity index (χ0n) is 54.3.